The first kappa shape index (κ1) is 13.9. The van der Waals surface area contributed by atoms with Crippen molar-refractivity contribution in [2.75, 3.05) is 0 Å². The molecule has 0 bridgehead atoms. The molecule has 4 aliphatic carbocycles. The van der Waals surface area contributed by atoms with Crippen LogP contribution in [0.2, 0.25) is 0 Å². The van der Waals surface area contributed by atoms with Crippen LogP contribution >= 0.6 is 0 Å². The number of carbonyl (C=O) groups excluding carboxylic acids is 2. The molecule has 122 valence electrons. The number of fused-ring (bicyclic) bond motifs is 4. The number of nitrogens with one attached hydrogen (secondary N) is 1. The lowest BCUT2D eigenvalue weighted by molar-refractivity contribution is -0.131. The van der Waals surface area contributed by atoms with Crippen LogP contribution in [0.25, 0.3) is 0 Å². The van der Waals surface area contributed by atoms with Gasteiger partial charge in [0, 0.05) is 34.9 Å². The van der Waals surface area contributed by atoms with Crippen molar-refractivity contribution >= 4 is 11.6 Å². The van der Waals surface area contributed by atoms with Crippen LogP contribution in [0, 0.1) is 23.2 Å². The Morgan fingerprint density at radius 3 is 2.65 bits per heavy atom. The summed E-state index contributed by atoms with van der Waals surface area (Å²) in [6, 6.07) is 0. The third-order valence-electron chi connectivity index (χ3n) is 7.95. The molecule has 1 aromatic heterocycles. The molecule has 23 heavy (non-hydrogen) atoms. The molecule has 0 saturated heterocycles. The Balaban J connectivity index is 1.65. The van der Waals surface area contributed by atoms with E-state index in [-0.39, 0.29) is 16.6 Å². The Kier molecular flexibility index (Phi) is 2.51. The molecule has 2 saturated carbocycles. The molecule has 1 N–H and O–H groups in total. The predicted molar refractivity (Wildman–Crippen MR) is 85.3 cm³/mol. The molecular formula is C19H24N2O2. The van der Waals surface area contributed by atoms with Crippen molar-refractivity contribution in [2.45, 2.75) is 64.2 Å². The summed E-state index contributed by atoms with van der Waals surface area (Å²) in [5.74, 6) is 2.38. The SMILES string of the molecule is C[C@]12CCC(=O)c3n[nH]c(c31)CC1C2CC[C@]2(C)C(=O)CCC12. The fourth-order valence-corrected chi connectivity index (χ4v) is 6.70. The third kappa shape index (κ3) is 1.50. The summed E-state index contributed by atoms with van der Waals surface area (Å²) in [5, 5.41) is 7.56. The number of hydrogen-bond donors (Lipinski definition) is 1. The van der Waals surface area contributed by atoms with Crippen molar-refractivity contribution in [2.24, 2.45) is 23.2 Å². The quantitative estimate of drug-likeness (QED) is 0.800. The molecule has 4 aliphatic rings. The van der Waals surface area contributed by atoms with Crippen LogP contribution < -0.4 is 0 Å². The van der Waals surface area contributed by atoms with E-state index in [9.17, 15) is 9.59 Å². The molecule has 1 aromatic rings. The fraction of sp³-hybridized carbons (Fsp3) is 0.737. The van der Waals surface area contributed by atoms with Gasteiger partial charge in [-0.05, 0) is 49.9 Å². The zero-order valence-corrected chi connectivity index (χ0v) is 13.9. The fourth-order valence-electron chi connectivity index (χ4n) is 6.70. The lowest BCUT2D eigenvalue weighted by atomic mass is 9.48. The van der Waals surface area contributed by atoms with Crippen LogP contribution in [0.3, 0.4) is 0 Å². The predicted octanol–water partition coefficient (Wildman–Crippen LogP) is 3.21. The molecule has 0 radical (unpaired) electrons. The van der Waals surface area contributed by atoms with Crippen LogP contribution in [0.15, 0.2) is 0 Å². The number of rotatable bonds is 0. The number of nitrogens with zero attached hydrogens (tertiary/aromatic N) is 1. The van der Waals surface area contributed by atoms with Gasteiger partial charge in [-0.25, -0.2) is 0 Å². The summed E-state index contributed by atoms with van der Waals surface area (Å²) >= 11 is 0. The maximum absolute atomic E-state index is 12.5. The van der Waals surface area contributed by atoms with Crippen LogP contribution in [0.1, 0.15) is 74.1 Å². The lowest BCUT2D eigenvalue weighted by Crippen LogP contribution is -2.53. The molecule has 0 aliphatic heterocycles. The number of Topliss-reactive ketones (excluding diaryl/α,β-unsaturated/α-hetero) is 2. The molecule has 2 fully saturated rings. The highest BCUT2D eigenvalue weighted by Gasteiger charge is 2.60. The second kappa shape index (κ2) is 4.14. The molecule has 5 atom stereocenters. The van der Waals surface area contributed by atoms with Crippen molar-refractivity contribution in [3.8, 4) is 0 Å². The van der Waals surface area contributed by atoms with Crippen molar-refractivity contribution < 1.29 is 9.59 Å². The average molecular weight is 312 g/mol. The van der Waals surface area contributed by atoms with Crippen molar-refractivity contribution in [3.63, 3.8) is 0 Å². The normalized spacial score (nSPS) is 44.7. The van der Waals surface area contributed by atoms with Gasteiger partial charge in [0.15, 0.2) is 5.78 Å². The monoisotopic (exact) mass is 312 g/mol. The second-order valence-corrected chi connectivity index (χ2v) is 8.77. The summed E-state index contributed by atoms with van der Waals surface area (Å²) < 4.78 is 0. The number of carbonyl (C=O) groups is 2. The van der Waals surface area contributed by atoms with E-state index >= 15 is 0 Å². The minimum Gasteiger partial charge on any atom is -0.299 e. The highest BCUT2D eigenvalue weighted by Crippen LogP contribution is 2.62. The van der Waals surface area contributed by atoms with Gasteiger partial charge in [-0.3, -0.25) is 14.7 Å². The van der Waals surface area contributed by atoms with Crippen molar-refractivity contribution in [1.29, 1.82) is 0 Å². The second-order valence-electron chi connectivity index (χ2n) is 8.77. The van der Waals surface area contributed by atoms with Gasteiger partial charge in [0.2, 0.25) is 0 Å². The average Bonchev–Trinajstić information content (AvgIpc) is 3.08. The standard InChI is InChI=1S/C19H24N2O2/c1-18-7-5-12-10(11(18)3-4-15(18)23)9-13-16-17(21-20-13)14(22)6-8-19(12,16)2/h10-12H,3-9H2,1-2H3,(H,20,21)/t10?,11?,12?,18-,19+/m0/s1. The van der Waals surface area contributed by atoms with Gasteiger partial charge in [-0.2, -0.15) is 5.10 Å². The number of H-pyrrole nitrogens is 1. The molecule has 4 heteroatoms. The number of hydrogen-bond acceptors (Lipinski definition) is 3. The van der Waals surface area contributed by atoms with Crippen LogP contribution in [-0.4, -0.2) is 21.8 Å². The number of aromatic amines is 1. The Morgan fingerprint density at radius 2 is 1.83 bits per heavy atom. The summed E-state index contributed by atoms with van der Waals surface area (Å²) in [6.45, 7) is 4.57. The molecule has 0 aromatic carbocycles. The van der Waals surface area contributed by atoms with Crippen molar-refractivity contribution in [1.82, 2.24) is 10.2 Å². The first-order valence-corrected chi connectivity index (χ1v) is 9.09. The van der Waals surface area contributed by atoms with E-state index < -0.39 is 0 Å². The van der Waals surface area contributed by atoms with Crippen molar-refractivity contribution in [3.05, 3.63) is 17.0 Å². The highest BCUT2D eigenvalue weighted by molar-refractivity contribution is 5.97. The molecule has 1 heterocycles. The van der Waals surface area contributed by atoms with Crippen LogP contribution in [-0.2, 0) is 16.6 Å². The molecular weight excluding hydrogens is 288 g/mol. The van der Waals surface area contributed by atoms with Gasteiger partial charge < -0.3 is 0 Å². The van der Waals surface area contributed by atoms with Gasteiger partial charge >= 0.3 is 0 Å². The summed E-state index contributed by atoms with van der Waals surface area (Å²) in [6.07, 6.45) is 6.52. The molecule has 0 spiro atoms. The molecule has 0 amide bonds. The van der Waals surface area contributed by atoms with E-state index in [1.807, 2.05) is 0 Å². The van der Waals surface area contributed by atoms with Gasteiger partial charge in [0.05, 0.1) is 0 Å². The Hall–Kier alpha value is -1.45. The van der Waals surface area contributed by atoms with Crippen LogP contribution in [0.4, 0.5) is 0 Å². The topological polar surface area (TPSA) is 62.8 Å². The van der Waals surface area contributed by atoms with Gasteiger partial charge in [0.1, 0.15) is 11.5 Å². The van der Waals surface area contributed by atoms with Crippen LogP contribution in [0.5, 0.6) is 0 Å². The maximum atomic E-state index is 12.5. The minimum atomic E-state index is -0.0949. The molecule has 4 nitrogen and oxygen atoms in total. The summed E-state index contributed by atoms with van der Waals surface area (Å²) in [5.41, 5.74) is 3.09. The number of ketones is 2. The van der Waals surface area contributed by atoms with Gasteiger partial charge in [-0.1, -0.05) is 13.8 Å². The smallest absolute Gasteiger partial charge is 0.183 e. The minimum absolute atomic E-state index is 0.0709. The van der Waals surface area contributed by atoms with E-state index in [1.165, 1.54) is 11.3 Å². The number of aromatic nitrogens is 2. The van der Waals surface area contributed by atoms with E-state index in [0.29, 0.717) is 35.7 Å². The van der Waals surface area contributed by atoms with Gasteiger partial charge in [-0.15, -0.1) is 0 Å². The summed E-state index contributed by atoms with van der Waals surface area (Å²) in [4.78, 5) is 24.7. The van der Waals surface area contributed by atoms with E-state index in [1.54, 1.807) is 0 Å². The maximum Gasteiger partial charge on any atom is 0.183 e. The Morgan fingerprint density at radius 1 is 1.04 bits per heavy atom. The molecule has 5 rings (SSSR count). The highest BCUT2D eigenvalue weighted by atomic mass is 16.1. The largest absolute Gasteiger partial charge is 0.299 e. The summed E-state index contributed by atoms with van der Waals surface area (Å²) in [7, 11) is 0. The molecule has 3 unspecified atom stereocenters. The first-order valence-electron chi connectivity index (χ1n) is 9.09. The van der Waals surface area contributed by atoms with Gasteiger partial charge in [0.25, 0.3) is 0 Å². The Bertz CT molecular complexity index is 736. The van der Waals surface area contributed by atoms with E-state index in [2.05, 4.69) is 24.0 Å². The van der Waals surface area contributed by atoms with E-state index in [0.717, 1.165) is 38.5 Å². The van der Waals surface area contributed by atoms with E-state index in [4.69, 9.17) is 0 Å². The first-order chi connectivity index (χ1) is 10.9. The lowest BCUT2D eigenvalue weighted by Gasteiger charge is -2.55. The third-order valence-corrected chi connectivity index (χ3v) is 7.95. The Labute approximate surface area is 136 Å². The zero-order valence-electron chi connectivity index (χ0n) is 13.9. The zero-order chi connectivity index (χ0) is 16.0.